The zero-order valence-electron chi connectivity index (χ0n) is 13.9. The Morgan fingerprint density at radius 1 is 1.07 bits per heavy atom. The van der Waals surface area contributed by atoms with E-state index in [-0.39, 0.29) is 29.6 Å². The van der Waals surface area contributed by atoms with E-state index in [4.69, 9.17) is 0 Å². The zero-order chi connectivity index (χ0) is 19.4. The van der Waals surface area contributed by atoms with Crippen molar-refractivity contribution in [2.45, 2.75) is 4.90 Å². The van der Waals surface area contributed by atoms with E-state index in [1.807, 2.05) is 24.3 Å². The lowest BCUT2D eigenvalue weighted by atomic mass is 10.2. The van der Waals surface area contributed by atoms with Crippen molar-refractivity contribution in [1.29, 1.82) is 0 Å². The highest BCUT2D eigenvalue weighted by Crippen LogP contribution is 2.25. The van der Waals surface area contributed by atoms with Crippen LogP contribution in [0, 0.1) is 10.1 Å². The fourth-order valence-electron chi connectivity index (χ4n) is 2.39. The van der Waals surface area contributed by atoms with E-state index in [0.29, 0.717) is 4.88 Å². The number of rotatable bonds is 7. The van der Waals surface area contributed by atoms with E-state index < -0.39 is 14.9 Å². The molecule has 140 valence electrons. The number of nitro groups is 1. The molecule has 1 heterocycles. The number of nitrogens with one attached hydrogen (secondary N) is 2. The fourth-order valence-corrected chi connectivity index (χ4v) is 4.44. The summed E-state index contributed by atoms with van der Waals surface area (Å²) in [5.41, 5.74) is -0.309. The number of non-ortho nitro benzene ring substituents is 1. The van der Waals surface area contributed by atoms with E-state index in [0.717, 1.165) is 16.2 Å². The van der Waals surface area contributed by atoms with Gasteiger partial charge in [-0.1, -0.05) is 24.3 Å². The maximum Gasteiger partial charge on any atom is 0.270 e. The summed E-state index contributed by atoms with van der Waals surface area (Å²) in [7, 11) is -3.90. The van der Waals surface area contributed by atoms with Crippen LogP contribution in [0.25, 0.3) is 10.1 Å². The molecule has 0 saturated heterocycles. The molecule has 2 aromatic carbocycles. The van der Waals surface area contributed by atoms with Crippen LogP contribution in [-0.2, 0) is 10.0 Å². The Labute approximate surface area is 159 Å². The summed E-state index contributed by atoms with van der Waals surface area (Å²) >= 11 is 1.36. The van der Waals surface area contributed by atoms with Crippen LogP contribution in [0.2, 0.25) is 0 Å². The number of amides is 1. The summed E-state index contributed by atoms with van der Waals surface area (Å²) in [6.45, 7) is 0.0445. The third kappa shape index (κ3) is 4.48. The highest BCUT2D eigenvalue weighted by atomic mass is 32.2. The molecule has 27 heavy (non-hydrogen) atoms. The van der Waals surface area contributed by atoms with Gasteiger partial charge >= 0.3 is 0 Å². The monoisotopic (exact) mass is 405 g/mol. The van der Waals surface area contributed by atoms with Crippen molar-refractivity contribution in [3.05, 3.63) is 69.6 Å². The van der Waals surface area contributed by atoms with Crippen LogP contribution in [0.15, 0.2) is 59.5 Å². The summed E-state index contributed by atoms with van der Waals surface area (Å²) in [6, 6.07) is 14.2. The van der Waals surface area contributed by atoms with Crippen molar-refractivity contribution in [3.8, 4) is 0 Å². The molecule has 1 aromatic heterocycles. The molecule has 2 N–H and O–H groups in total. The number of sulfonamides is 1. The molecule has 1 amide bonds. The molecule has 8 nitrogen and oxygen atoms in total. The summed E-state index contributed by atoms with van der Waals surface area (Å²) in [4.78, 5) is 22.6. The first-order valence-corrected chi connectivity index (χ1v) is 10.2. The molecule has 0 aliphatic heterocycles. The maximum atomic E-state index is 12.2. The van der Waals surface area contributed by atoms with Gasteiger partial charge in [-0.25, -0.2) is 13.1 Å². The molecular formula is C17H15N3O5S2. The first-order valence-electron chi connectivity index (χ1n) is 7.88. The van der Waals surface area contributed by atoms with Crippen LogP contribution in [0.4, 0.5) is 5.69 Å². The van der Waals surface area contributed by atoms with Gasteiger partial charge in [-0.05, 0) is 23.6 Å². The van der Waals surface area contributed by atoms with E-state index in [1.165, 1.54) is 29.5 Å². The van der Waals surface area contributed by atoms with E-state index in [9.17, 15) is 23.3 Å². The standard InChI is InChI=1S/C17H15N3O5S2/c21-17(16-10-12-4-1-2-7-15(12)26-16)18-8-9-19-27(24,25)14-6-3-5-13(11-14)20(22)23/h1-7,10-11,19H,8-9H2,(H,18,21). The van der Waals surface area contributed by atoms with Crippen LogP contribution in [0.5, 0.6) is 0 Å². The average molecular weight is 405 g/mol. The molecule has 0 fully saturated rings. The normalized spacial score (nSPS) is 11.4. The summed E-state index contributed by atoms with van der Waals surface area (Å²) in [5, 5.41) is 14.4. The topological polar surface area (TPSA) is 118 Å². The van der Waals surface area contributed by atoms with Crippen LogP contribution in [-0.4, -0.2) is 32.3 Å². The molecule has 0 aliphatic rings. The van der Waals surface area contributed by atoms with E-state index in [1.54, 1.807) is 6.07 Å². The first-order chi connectivity index (χ1) is 12.9. The van der Waals surface area contributed by atoms with E-state index in [2.05, 4.69) is 10.0 Å². The average Bonchev–Trinajstić information content (AvgIpc) is 3.09. The Bertz CT molecular complexity index is 1080. The van der Waals surface area contributed by atoms with Gasteiger partial charge in [-0.15, -0.1) is 11.3 Å². The highest BCUT2D eigenvalue weighted by Gasteiger charge is 2.17. The number of hydrogen-bond acceptors (Lipinski definition) is 6. The van der Waals surface area contributed by atoms with Crippen molar-refractivity contribution in [2.24, 2.45) is 0 Å². The number of benzene rings is 2. The molecule has 0 atom stereocenters. The summed E-state index contributed by atoms with van der Waals surface area (Å²) in [5.74, 6) is -0.286. The number of nitro benzene ring substituents is 1. The van der Waals surface area contributed by atoms with Gasteiger partial charge in [0.1, 0.15) is 0 Å². The van der Waals surface area contributed by atoms with Gasteiger partial charge in [-0.3, -0.25) is 14.9 Å². The predicted octanol–water partition coefficient (Wildman–Crippen LogP) is 2.52. The third-order valence-corrected chi connectivity index (χ3v) is 6.26. The number of nitrogens with zero attached hydrogens (tertiary/aromatic N) is 1. The number of fused-ring (bicyclic) bond motifs is 1. The van der Waals surface area contributed by atoms with Crippen molar-refractivity contribution < 1.29 is 18.1 Å². The van der Waals surface area contributed by atoms with E-state index >= 15 is 0 Å². The number of carbonyl (C=O) groups excluding carboxylic acids is 1. The van der Waals surface area contributed by atoms with Crippen molar-refractivity contribution in [2.75, 3.05) is 13.1 Å². The van der Waals surface area contributed by atoms with Crippen LogP contribution >= 0.6 is 11.3 Å². The molecule has 0 bridgehead atoms. The minimum Gasteiger partial charge on any atom is -0.350 e. The lowest BCUT2D eigenvalue weighted by molar-refractivity contribution is -0.385. The summed E-state index contributed by atoms with van der Waals surface area (Å²) in [6.07, 6.45) is 0. The molecular weight excluding hydrogens is 390 g/mol. The van der Waals surface area contributed by atoms with Crippen LogP contribution < -0.4 is 10.0 Å². The SMILES string of the molecule is O=C(NCCNS(=O)(=O)c1cccc([N+](=O)[O-])c1)c1cc2ccccc2s1. The van der Waals surface area contributed by atoms with Gasteiger partial charge in [0.05, 0.1) is 14.7 Å². The smallest absolute Gasteiger partial charge is 0.270 e. The van der Waals surface area contributed by atoms with Crippen LogP contribution in [0.3, 0.4) is 0 Å². The van der Waals surface area contributed by atoms with Crippen LogP contribution in [0.1, 0.15) is 9.67 Å². The number of carbonyl (C=O) groups is 1. The Morgan fingerprint density at radius 3 is 2.59 bits per heavy atom. The molecule has 3 rings (SSSR count). The molecule has 0 saturated carbocycles. The first kappa shape index (κ1) is 19.0. The lowest BCUT2D eigenvalue weighted by Gasteiger charge is -2.07. The molecule has 0 aliphatic carbocycles. The van der Waals surface area contributed by atoms with Gasteiger partial charge < -0.3 is 5.32 Å². The van der Waals surface area contributed by atoms with Crippen molar-refractivity contribution in [1.82, 2.24) is 10.0 Å². The van der Waals surface area contributed by atoms with Gasteiger partial charge in [0.25, 0.3) is 11.6 Å². The largest absolute Gasteiger partial charge is 0.350 e. The third-order valence-electron chi connectivity index (χ3n) is 3.69. The molecule has 3 aromatic rings. The van der Waals surface area contributed by atoms with Crippen molar-refractivity contribution in [3.63, 3.8) is 0 Å². The minimum atomic E-state index is -3.90. The predicted molar refractivity (Wildman–Crippen MR) is 102 cm³/mol. The number of thiophene rings is 1. The highest BCUT2D eigenvalue weighted by molar-refractivity contribution is 7.89. The molecule has 0 spiro atoms. The second kappa shape index (κ2) is 7.82. The van der Waals surface area contributed by atoms with Gasteiger partial charge in [-0.2, -0.15) is 0 Å². The molecule has 10 heteroatoms. The Hall–Kier alpha value is -2.82. The molecule has 0 radical (unpaired) electrons. The minimum absolute atomic E-state index is 0.0400. The summed E-state index contributed by atoms with van der Waals surface area (Å²) < 4.78 is 27.7. The van der Waals surface area contributed by atoms with Gasteiger partial charge in [0, 0.05) is 29.9 Å². The second-order valence-corrected chi connectivity index (χ2v) is 8.41. The second-order valence-electron chi connectivity index (χ2n) is 5.56. The quantitative estimate of drug-likeness (QED) is 0.356. The Balaban J connectivity index is 1.56. The number of hydrogen-bond donors (Lipinski definition) is 2. The zero-order valence-corrected chi connectivity index (χ0v) is 15.5. The Morgan fingerprint density at radius 2 is 1.85 bits per heavy atom. The lowest BCUT2D eigenvalue weighted by Crippen LogP contribution is -2.34. The van der Waals surface area contributed by atoms with Crippen molar-refractivity contribution >= 4 is 43.0 Å². The van der Waals surface area contributed by atoms with Gasteiger partial charge in [0.2, 0.25) is 10.0 Å². The van der Waals surface area contributed by atoms with Gasteiger partial charge in [0.15, 0.2) is 0 Å². The maximum absolute atomic E-state index is 12.2. The fraction of sp³-hybridized carbons (Fsp3) is 0.118. The molecule has 0 unspecified atom stereocenters. The Kier molecular flexibility index (Phi) is 5.49.